The fraction of sp³-hybridized carbons (Fsp3) is 0.281. The Morgan fingerprint density at radius 3 is 2.52 bits per heavy atom. The van der Waals surface area contributed by atoms with Gasteiger partial charge in [-0.1, -0.05) is 60.7 Å². The van der Waals surface area contributed by atoms with E-state index in [0.29, 0.717) is 25.2 Å². The summed E-state index contributed by atoms with van der Waals surface area (Å²) in [6, 6.07) is 26.0. The monoisotopic (exact) mass is 536 g/mol. The summed E-state index contributed by atoms with van der Waals surface area (Å²) < 4.78 is 7.60. The number of para-hydroxylation sites is 1. The molecule has 0 aliphatic carbocycles. The van der Waals surface area contributed by atoms with Gasteiger partial charge in [-0.05, 0) is 55.2 Å². The summed E-state index contributed by atoms with van der Waals surface area (Å²) in [6.07, 6.45) is 4.06. The molecule has 4 N–H and O–H groups in total. The van der Waals surface area contributed by atoms with Crippen LogP contribution in [0.5, 0.6) is 5.75 Å². The smallest absolute Gasteiger partial charge is 0.240 e. The van der Waals surface area contributed by atoms with E-state index in [1.807, 2.05) is 60.8 Å². The summed E-state index contributed by atoms with van der Waals surface area (Å²) in [7, 11) is 1.66. The first-order valence-electron chi connectivity index (χ1n) is 13.6. The van der Waals surface area contributed by atoms with E-state index in [2.05, 4.69) is 49.3 Å². The van der Waals surface area contributed by atoms with Gasteiger partial charge in [-0.3, -0.25) is 4.79 Å². The largest absolute Gasteiger partial charge is 0.497 e. The molecule has 206 valence electrons. The predicted octanol–water partition coefficient (Wildman–Crippen LogP) is 4.74. The van der Waals surface area contributed by atoms with Crippen LogP contribution in [0.15, 0.2) is 85.1 Å². The number of H-pyrrole nitrogens is 1. The maximum atomic E-state index is 13.2. The van der Waals surface area contributed by atoms with Gasteiger partial charge in [0.15, 0.2) is 5.82 Å². The molecule has 8 heteroatoms. The number of aryl methyl sites for hydroxylation is 2. The average molecular weight is 537 g/mol. The molecule has 2 heterocycles. The molecular weight excluding hydrogens is 500 g/mol. The highest BCUT2D eigenvalue weighted by Gasteiger charge is 2.29. The lowest BCUT2D eigenvalue weighted by molar-refractivity contribution is -0.126. The zero-order valence-electron chi connectivity index (χ0n) is 23.2. The van der Waals surface area contributed by atoms with E-state index in [1.165, 1.54) is 5.56 Å². The van der Waals surface area contributed by atoms with Crippen LogP contribution in [0.25, 0.3) is 10.9 Å². The van der Waals surface area contributed by atoms with E-state index in [0.717, 1.165) is 40.0 Å². The lowest BCUT2D eigenvalue weighted by Gasteiger charge is -2.25. The quantitative estimate of drug-likeness (QED) is 0.226. The Morgan fingerprint density at radius 2 is 1.75 bits per heavy atom. The molecule has 0 unspecified atom stereocenters. The van der Waals surface area contributed by atoms with Crippen molar-refractivity contribution in [3.8, 4) is 5.75 Å². The molecule has 0 fully saturated rings. The molecule has 40 heavy (non-hydrogen) atoms. The van der Waals surface area contributed by atoms with E-state index in [1.54, 1.807) is 21.0 Å². The number of methoxy groups -OCH3 is 1. The van der Waals surface area contributed by atoms with Crippen molar-refractivity contribution in [3.63, 3.8) is 0 Å². The number of hydrogen-bond donors (Lipinski definition) is 3. The van der Waals surface area contributed by atoms with Gasteiger partial charge < -0.3 is 25.3 Å². The summed E-state index contributed by atoms with van der Waals surface area (Å²) in [4.78, 5) is 16.5. The first-order valence-corrected chi connectivity index (χ1v) is 13.6. The summed E-state index contributed by atoms with van der Waals surface area (Å²) in [5.41, 5.74) is 9.56. The van der Waals surface area contributed by atoms with Gasteiger partial charge in [0.05, 0.1) is 25.2 Å². The van der Waals surface area contributed by atoms with Crippen molar-refractivity contribution in [2.45, 2.75) is 51.2 Å². The summed E-state index contributed by atoms with van der Waals surface area (Å²) >= 11 is 0. The number of carbonyl (C=O) groups excluding carboxylic acids is 1. The standard InChI is InChI=1S/C32H36N6O2/c1-32(2,33)31(39)35-28(19-24-20-34-27-15-8-7-14-26(24)27)30-37-36-29(17-16-22-10-5-4-6-11-22)38(30)21-23-12-9-13-25(18-23)40-3/h4-15,18,20,28,34H,16-17,19,21,33H2,1-3H3,(H,35,39)/t28-/m1/s1. The minimum atomic E-state index is -1.05. The maximum absolute atomic E-state index is 13.2. The third kappa shape index (κ3) is 6.24. The van der Waals surface area contributed by atoms with Crippen LogP contribution in [-0.4, -0.2) is 38.3 Å². The fourth-order valence-corrected chi connectivity index (χ4v) is 4.89. The van der Waals surface area contributed by atoms with Gasteiger partial charge in [0.25, 0.3) is 0 Å². The minimum Gasteiger partial charge on any atom is -0.497 e. The first-order chi connectivity index (χ1) is 19.3. The van der Waals surface area contributed by atoms with Gasteiger partial charge in [-0.15, -0.1) is 10.2 Å². The van der Waals surface area contributed by atoms with E-state index in [4.69, 9.17) is 10.5 Å². The lowest BCUT2D eigenvalue weighted by atomic mass is 10.0. The second kappa shape index (κ2) is 11.8. The van der Waals surface area contributed by atoms with E-state index in [9.17, 15) is 4.79 Å². The summed E-state index contributed by atoms with van der Waals surface area (Å²) in [5, 5.41) is 13.6. The Kier molecular flexibility index (Phi) is 7.98. The Labute approximate surface area is 234 Å². The normalized spacial score (nSPS) is 12.4. The van der Waals surface area contributed by atoms with Crippen LogP contribution in [0.3, 0.4) is 0 Å². The number of carbonyl (C=O) groups is 1. The molecule has 1 atom stereocenters. The van der Waals surface area contributed by atoms with Crippen molar-refractivity contribution in [1.82, 2.24) is 25.1 Å². The summed E-state index contributed by atoms with van der Waals surface area (Å²) in [6.45, 7) is 3.95. The number of hydrogen-bond acceptors (Lipinski definition) is 5. The Hall–Kier alpha value is -4.43. The SMILES string of the molecule is COc1cccc(Cn2c(CCc3ccccc3)nnc2[C@@H](Cc2c[nH]c3ccccc23)NC(=O)C(C)(C)N)c1. The molecule has 0 spiro atoms. The van der Waals surface area contributed by atoms with Crippen molar-refractivity contribution >= 4 is 16.8 Å². The van der Waals surface area contributed by atoms with Crippen LogP contribution in [0.2, 0.25) is 0 Å². The van der Waals surface area contributed by atoms with Crippen LogP contribution < -0.4 is 15.8 Å². The fourth-order valence-electron chi connectivity index (χ4n) is 4.89. The van der Waals surface area contributed by atoms with Crippen LogP contribution in [0.4, 0.5) is 0 Å². The van der Waals surface area contributed by atoms with Crippen molar-refractivity contribution in [3.05, 3.63) is 113 Å². The maximum Gasteiger partial charge on any atom is 0.240 e. The zero-order valence-corrected chi connectivity index (χ0v) is 23.2. The minimum absolute atomic E-state index is 0.251. The average Bonchev–Trinajstić information content (AvgIpc) is 3.55. The number of fused-ring (bicyclic) bond motifs is 1. The van der Waals surface area contributed by atoms with Crippen molar-refractivity contribution in [1.29, 1.82) is 0 Å². The third-order valence-electron chi connectivity index (χ3n) is 7.11. The topological polar surface area (TPSA) is 111 Å². The van der Waals surface area contributed by atoms with Gasteiger partial charge in [0.2, 0.25) is 5.91 Å². The molecule has 0 radical (unpaired) electrons. The van der Waals surface area contributed by atoms with Crippen LogP contribution in [0, 0.1) is 0 Å². The number of nitrogens with two attached hydrogens (primary N) is 1. The number of aromatic amines is 1. The predicted molar refractivity (Wildman–Crippen MR) is 157 cm³/mol. The lowest BCUT2D eigenvalue weighted by Crippen LogP contribution is -2.50. The number of aromatic nitrogens is 4. The third-order valence-corrected chi connectivity index (χ3v) is 7.11. The van der Waals surface area contributed by atoms with E-state index < -0.39 is 11.6 Å². The second-order valence-corrected chi connectivity index (χ2v) is 10.7. The number of nitrogens with one attached hydrogen (secondary N) is 2. The number of ether oxygens (including phenoxy) is 1. The molecule has 5 rings (SSSR count). The molecule has 0 saturated carbocycles. The van der Waals surface area contributed by atoms with Gasteiger partial charge in [-0.2, -0.15) is 0 Å². The van der Waals surface area contributed by atoms with Gasteiger partial charge in [0.1, 0.15) is 11.6 Å². The second-order valence-electron chi connectivity index (χ2n) is 10.7. The van der Waals surface area contributed by atoms with Crippen molar-refractivity contribution < 1.29 is 9.53 Å². The van der Waals surface area contributed by atoms with Crippen LogP contribution >= 0.6 is 0 Å². The first kappa shape index (κ1) is 27.1. The summed E-state index contributed by atoms with van der Waals surface area (Å²) in [5.74, 6) is 2.08. The number of amides is 1. The molecule has 5 aromatic rings. The van der Waals surface area contributed by atoms with Gasteiger partial charge in [0, 0.05) is 29.9 Å². The molecule has 8 nitrogen and oxygen atoms in total. The molecular formula is C32H36N6O2. The molecule has 0 saturated heterocycles. The molecule has 0 bridgehead atoms. The highest BCUT2D eigenvalue weighted by molar-refractivity contribution is 5.86. The molecule has 2 aromatic heterocycles. The van der Waals surface area contributed by atoms with E-state index >= 15 is 0 Å². The Balaban J connectivity index is 1.54. The number of benzene rings is 3. The van der Waals surface area contributed by atoms with Gasteiger partial charge in [-0.25, -0.2) is 0 Å². The number of nitrogens with zero attached hydrogens (tertiary/aromatic N) is 3. The molecule has 0 aliphatic heterocycles. The molecule has 1 amide bonds. The zero-order chi connectivity index (χ0) is 28.1. The number of rotatable bonds is 11. The molecule has 0 aliphatic rings. The van der Waals surface area contributed by atoms with Crippen molar-refractivity contribution in [2.75, 3.05) is 7.11 Å². The van der Waals surface area contributed by atoms with Crippen LogP contribution in [0.1, 0.15) is 48.2 Å². The van der Waals surface area contributed by atoms with Crippen molar-refractivity contribution in [2.24, 2.45) is 5.73 Å². The molecule has 3 aromatic carbocycles. The van der Waals surface area contributed by atoms with E-state index in [-0.39, 0.29) is 5.91 Å². The highest BCUT2D eigenvalue weighted by atomic mass is 16.5. The highest BCUT2D eigenvalue weighted by Crippen LogP contribution is 2.26. The van der Waals surface area contributed by atoms with Gasteiger partial charge >= 0.3 is 0 Å². The van der Waals surface area contributed by atoms with Crippen LogP contribution in [-0.2, 0) is 30.6 Å². The Morgan fingerprint density at radius 1 is 1.00 bits per heavy atom. The Bertz CT molecular complexity index is 1580.